The van der Waals surface area contributed by atoms with Gasteiger partial charge in [0.05, 0.1) is 6.61 Å². The van der Waals surface area contributed by atoms with E-state index >= 15 is 0 Å². The molecule has 2 N–H and O–H groups in total. The van der Waals surface area contributed by atoms with Crippen molar-refractivity contribution >= 4 is 11.8 Å². The van der Waals surface area contributed by atoms with E-state index in [1.54, 1.807) is 0 Å². The Morgan fingerprint density at radius 2 is 2.12 bits per heavy atom. The molecule has 1 unspecified atom stereocenters. The van der Waals surface area contributed by atoms with Crippen LogP contribution in [0.15, 0.2) is 29.2 Å². The molecular formula is C14H23NOS. The summed E-state index contributed by atoms with van der Waals surface area (Å²) in [5, 5.41) is 12.6. The summed E-state index contributed by atoms with van der Waals surface area (Å²) >= 11 is 1.87. The fourth-order valence-corrected chi connectivity index (χ4v) is 2.73. The van der Waals surface area contributed by atoms with Gasteiger partial charge in [0.2, 0.25) is 0 Å². The molecule has 17 heavy (non-hydrogen) atoms. The molecule has 1 rings (SSSR count). The van der Waals surface area contributed by atoms with Crippen LogP contribution in [-0.4, -0.2) is 30.1 Å². The zero-order chi connectivity index (χ0) is 12.5. The van der Waals surface area contributed by atoms with Crippen molar-refractivity contribution in [3.8, 4) is 0 Å². The highest BCUT2D eigenvalue weighted by Gasteiger charge is 2.06. The van der Waals surface area contributed by atoms with Crippen LogP contribution in [0, 0.1) is 6.92 Å². The maximum absolute atomic E-state index is 9.23. The molecule has 0 amide bonds. The second-order valence-corrected chi connectivity index (χ2v) is 5.37. The predicted octanol–water partition coefficient (Wildman–Crippen LogP) is 2.84. The van der Waals surface area contributed by atoms with E-state index in [4.69, 9.17) is 0 Å². The molecule has 0 heterocycles. The fourth-order valence-electron chi connectivity index (χ4n) is 1.64. The molecule has 3 heteroatoms. The van der Waals surface area contributed by atoms with E-state index in [0.717, 1.165) is 25.1 Å². The molecular weight excluding hydrogens is 230 g/mol. The molecule has 0 aliphatic carbocycles. The summed E-state index contributed by atoms with van der Waals surface area (Å²) in [5.74, 6) is 1.05. The number of thioether (sulfide) groups is 1. The van der Waals surface area contributed by atoms with Crippen LogP contribution in [0.25, 0.3) is 0 Å². The second kappa shape index (κ2) is 8.56. The summed E-state index contributed by atoms with van der Waals surface area (Å²) in [4.78, 5) is 1.35. The summed E-state index contributed by atoms with van der Waals surface area (Å²) in [5.41, 5.74) is 1.33. The molecule has 1 aromatic carbocycles. The van der Waals surface area contributed by atoms with Crippen molar-refractivity contribution in [2.45, 2.75) is 37.6 Å². The van der Waals surface area contributed by atoms with Crippen LogP contribution >= 0.6 is 11.8 Å². The average Bonchev–Trinajstić information content (AvgIpc) is 2.35. The van der Waals surface area contributed by atoms with Crippen molar-refractivity contribution in [2.75, 3.05) is 18.9 Å². The topological polar surface area (TPSA) is 32.3 Å². The maximum Gasteiger partial charge on any atom is 0.0584 e. The van der Waals surface area contributed by atoms with Gasteiger partial charge < -0.3 is 10.4 Å². The van der Waals surface area contributed by atoms with Gasteiger partial charge in [-0.25, -0.2) is 0 Å². The average molecular weight is 253 g/mol. The molecule has 0 bridgehead atoms. The Kier molecular flexibility index (Phi) is 7.33. The molecule has 2 nitrogen and oxygen atoms in total. The number of hydrogen-bond acceptors (Lipinski definition) is 3. The summed E-state index contributed by atoms with van der Waals surface area (Å²) in [6.45, 7) is 5.50. The molecule has 1 aromatic rings. The van der Waals surface area contributed by atoms with Gasteiger partial charge in [-0.1, -0.05) is 25.1 Å². The lowest BCUT2D eigenvalue weighted by molar-refractivity contribution is 0.240. The van der Waals surface area contributed by atoms with Crippen LogP contribution in [0.2, 0.25) is 0 Å². The Morgan fingerprint density at radius 3 is 2.76 bits per heavy atom. The Labute approximate surface area is 109 Å². The Hall–Kier alpha value is -0.510. The molecule has 0 spiro atoms. The third-order valence-electron chi connectivity index (χ3n) is 2.72. The van der Waals surface area contributed by atoms with Gasteiger partial charge in [-0.05, 0) is 43.7 Å². The van der Waals surface area contributed by atoms with Gasteiger partial charge in [0.15, 0.2) is 0 Å². The van der Waals surface area contributed by atoms with Gasteiger partial charge in [0, 0.05) is 10.9 Å². The van der Waals surface area contributed by atoms with Gasteiger partial charge in [0.25, 0.3) is 0 Å². The van der Waals surface area contributed by atoms with Crippen LogP contribution in [0.1, 0.15) is 25.3 Å². The van der Waals surface area contributed by atoms with Crippen molar-refractivity contribution in [2.24, 2.45) is 0 Å². The highest BCUT2D eigenvalue weighted by atomic mass is 32.2. The van der Waals surface area contributed by atoms with Crippen molar-refractivity contribution in [3.63, 3.8) is 0 Å². The first kappa shape index (κ1) is 14.6. The number of aryl methyl sites for hydroxylation is 1. The van der Waals surface area contributed by atoms with Crippen LogP contribution in [0.5, 0.6) is 0 Å². The number of rotatable bonds is 8. The highest BCUT2D eigenvalue weighted by molar-refractivity contribution is 7.99. The van der Waals surface area contributed by atoms with E-state index in [1.165, 1.54) is 10.5 Å². The minimum Gasteiger partial charge on any atom is -0.395 e. The Morgan fingerprint density at radius 1 is 1.35 bits per heavy atom. The minimum atomic E-state index is 0.230. The Balaban J connectivity index is 2.28. The summed E-state index contributed by atoms with van der Waals surface area (Å²) in [7, 11) is 0. The fraction of sp³-hybridized carbons (Fsp3) is 0.571. The predicted molar refractivity (Wildman–Crippen MR) is 75.7 cm³/mol. The molecule has 0 aliphatic heterocycles. The lowest BCUT2D eigenvalue weighted by Gasteiger charge is -2.15. The molecule has 0 fully saturated rings. The standard InChI is InChI=1S/C14H23NOS/c1-3-9-15-13(11-16)8-10-17-14-7-5-4-6-12(14)2/h4-7,13,15-16H,3,8-11H2,1-2H3. The molecule has 0 saturated heterocycles. The lowest BCUT2D eigenvalue weighted by Crippen LogP contribution is -2.33. The van der Waals surface area contributed by atoms with Crippen LogP contribution in [-0.2, 0) is 0 Å². The summed E-state index contributed by atoms with van der Waals surface area (Å²) in [6, 6.07) is 8.69. The smallest absolute Gasteiger partial charge is 0.0584 e. The van der Waals surface area contributed by atoms with Crippen LogP contribution < -0.4 is 5.32 Å². The van der Waals surface area contributed by atoms with Crippen molar-refractivity contribution in [1.82, 2.24) is 5.32 Å². The number of aliphatic hydroxyl groups is 1. The van der Waals surface area contributed by atoms with Crippen molar-refractivity contribution in [3.05, 3.63) is 29.8 Å². The van der Waals surface area contributed by atoms with Crippen molar-refractivity contribution in [1.29, 1.82) is 0 Å². The lowest BCUT2D eigenvalue weighted by atomic mass is 10.2. The van der Waals surface area contributed by atoms with Crippen molar-refractivity contribution < 1.29 is 5.11 Å². The van der Waals surface area contributed by atoms with Gasteiger partial charge >= 0.3 is 0 Å². The normalized spacial score (nSPS) is 12.6. The van der Waals surface area contributed by atoms with Gasteiger partial charge in [-0.15, -0.1) is 11.8 Å². The van der Waals surface area contributed by atoms with Gasteiger partial charge in [-0.3, -0.25) is 0 Å². The minimum absolute atomic E-state index is 0.230. The quantitative estimate of drug-likeness (QED) is 0.699. The first-order valence-electron chi connectivity index (χ1n) is 6.30. The highest BCUT2D eigenvalue weighted by Crippen LogP contribution is 2.22. The molecule has 0 aliphatic rings. The molecule has 0 saturated carbocycles. The first-order valence-corrected chi connectivity index (χ1v) is 7.29. The van der Waals surface area contributed by atoms with E-state index in [9.17, 15) is 5.11 Å². The zero-order valence-electron chi connectivity index (χ0n) is 10.8. The molecule has 0 radical (unpaired) electrons. The zero-order valence-corrected chi connectivity index (χ0v) is 11.6. The SMILES string of the molecule is CCCNC(CO)CCSc1ccccc1C. The van der Waals surface area contributed by atoms with E-state index in [-0.39, 0.29) is 12.6 Å². The largest absolute Gasteiger partial charge is 0.395 e. The molecule has 1 atom stereocenters. The maximum atomic E-state index is 9.23. The molecule has 96 valence electrons. The van der Waals surface area contributed by atoms with Crippen LogP contribution in [0.3, 0.4) is 0 Å². The Bertz CT molecular complexity index is 317. The number of aliphatic hydroxyl groups excluding tert-OH is 1. The number of hydrogen-bond donors (Lipinski definition) is 2. The van der Waals surface area contributed by atoms with Gasteiger partial charge in [-0.2, -0.15) is 0 Å². The molecule has 0 aromatic heterocycles. The third-order valence-corrected chi connectivity index (χ3v) is 3.93. The van der Waals surface area contributed by atoms with E-state index < -0.39 is 0 Å². The summed E-state index contributed by atoms with van der Waals surface area (Å²) < 4.78 is 0. The second-order valence-electron chi connectivity index (χ2n) is 4.24. The van der Waals surface area contributed by atoms with Crippen LogP contribution in [0.4, 0.5) is 0 Å². The monoisotopic (exact) mass is 253 g/mol. The number of nitrogens with one attached hydrogen (secondary N) is 1. The summed E-state index contributed by atoms with van der Waals surface area (Å²) in [6.07, 6.45) is 2.12. The van der Waals surface area contributed by atoms with E-state index in [0.29, 0.717) is 0 Å². The first-order chi connectivity index (χ1) is 8.27. The van der Waals surface area contributed by atoms with E-state index in [2.05, 4.69) is 43.4 Å². The van der Waals surface area contributed by atoms with Gasteiger partial charge in [0.1, 0.15) is 0 Å². The number of benzene rings is 1. The van der Waals surface area contributed by atoms with E-state index in [1.807, 2.05) is 11.8 Å². The third kappa shape index (κ3) is 5.57.